The molecule has 1 heterocycles. The van der Waals surface area contributed by atoms with E-state index < -0.39 is 0 Å². The van der Waals surface area contributed by atoms with Gasteiger partial charge in [0.25, 0.3) is 0 Å². The van der Waals surface area contributed by atoms with Crippen LogP contribution in [0, 0.1) is 5.92 Å². The van der Waals surface area contributed by atoms with E-state index in [0.29, 0.717) is 0 Å². The Labute approximate surface area is 63.2 Å². The van der Waals surface area contributed by atoms with Crippen LogP contribution in [0.3, 0.4) is 0 Å². The van der Waals surface area contributed by atoms with E-state index in [1.807, 2.05) is 0 Å². The van der Waals surface area contributed by atoms with Crippen LogP contribution in [0.4, 0.5) is 0 Å². The van der Waals surface area contributed by atoms with E-state index in [0.717, 1.165) is 12.0 Å². The lowest BCUT2D eigenvalue weighted by Crippen LogP contribution is -2.09. The van der Waals surface area contributed by atoms with E-state index in [1.165, 1.54) is 45.1 Å². The average molecular weight is 139 g/mol. The van der Waals surface area contributed by atoms with Crippen LogP contribution in [-0.4, -0.2) is 12.6 Å². The first kappa shape index (κ1) is 6.66. The third-order valence-electron chi connectivity index (χ3n) is 2.84. The van der Waals surface area contributed by atoms with Crippen LogP contribution in [-0.2, 0) is 0 Å². The normalized spacial score (nSPS) is 34.2. The Balaban J connectivity index is 1.69. The first-order chi connectivity index (χ1) is 4.95. The first-order valence-electron chi connectivity index (χ1n) is 4.68. The standard InChI is InChI=1S/C9H17N/c1-2-4-8(5-3-1)6-9-7-10-9/h8-10H,1-7H2. The lowest BCUT2D eigenvalue weighted by Gasteiger charge is -2.20. The maximum Gasteiger partial charge on any atom is 0.0195 e. The molecule has 1 saturated carbocycles. The Kier molecular flexibility index (Phi) is 1.94. The molecule has 0 radical (unpaired) electrons. The summed E-state index contributed by atoms with van der Waals surface area (Å²) in [5.41, 5.74) is 0. The van der Waals surface area contributed by atoms with E-state index in [1.54, 1.807) is 0 Å². The smallest absolute Gasteiger partial charge is 0.0195 e. The fraction of sp³-hybridized carbons (Fsp3) is 1.00. The molecule has 1 unspecified atom stereocenters. The molecule has 58 valence electrons. The van der Waals surface area contributed by atoms with Gasteiger partial charge in [0.15, 0.2) is 0 Å². The summed E-state index contributed by atoms with van der Waals surface area (Å²) in [5, 5.41) is 3.38. The van der Waals surface area contributed by atoms with Gasteiger partial charge in [0.2, 0.25) is 0 Å². The lowest BCUT2D eigenvalue weighted by molar-refractivity contribution is 0.338. The highest BCUT2D eigenvalue weighted by atomic mass is 15.1. The molecule has 1 heteroatoms. The summed E-state index contributed by atoms with van der Waals surface area (Å²) >= 11 is 0. The molecule has 1 aliphatic heterocycles. The van der Waals surface area contributed by atoms with Crippen molar-refractivity contribution >= 4 is 0 Å². The van der Waals surface area contributed by atoms with Crippen molar-refractivity contribution in [2.45, 2.75) is 44.6 Å². The zero-order valence-corrected chi connectivity index (χ0v) is 6.60. The van der Waals surface area contributed by atoms with Crippen LogP contribution in [0.25, 0.3) is 0 Å². The molecule has 2 fully saturated rings. The topological polar surface area (TPSA) is 21.9 Å². The van der Waals surface area contributed by atoms with Crippen LogP contribution in [0.1, 0.15) is 38.5 Å². The molecular formula is C9H17N. The fourth-order valence-corrected chi connectivity index (χ4v) is 2.08. The molecule has 2 aliphatic rings. The maximum atomic E-state index is 3.38. The van der Waals surface area contributed by atoms with Gasteiger partial charge in [0.05, 0.1) is 0 Å². The summed E-state index contributed by atoms with van der Waals surface area (Å²) in [6.45, 7) is 1.30. The Morgan fingerprint density at radius 1 is 1.10 bits per heavy atom. The number of hydrogen-bond donors (Lipinski definition) is 1. The quantitative estimate of drug-likeness (QED) is 0.580. The molecule has 10 heavy (non-hydrogen) atoms. The van der Waals surface area contributed by atoms with Crippen molar-refractivity contribution in [3.05, 3.63) is 0 Å². The Hall–Kier alpha value is -0.0400. The molecule has 0 aromatic carbocycles. The van der Waals surface area contributed by atoms with Gasteiger partial charge in [-0.1, -0.05) is 32.1 Å². The maximum absolute atomic E-state index is 3.38. The summed E-state index contributed by atoms with van der Waals surface area (Å²) in [6, 6.07) is 0.920. The molecule has 0 spiro atoms. The molecule has 1 aliphatic carbocycles. The number of rotatable bonds is 2. The summed E-state index contributed by atoms with van der Waals surface area (Å²) < 4.78 is 0. The van der Waals surface area contributed by atoms with Crippen molar-refractivity contribution in [1.29, 1.82) is 0 Å². The van der Waals surface area contributed by atoms with Crippen LogP contribution in [0.2, 0.25) is 0 Å². The van der Waals surface area contributed by atoms with Gasteiger partial charge in [0.1, 0.15) is 0 Å². The molecular weight excluding hydrogens is 122 g/mol. The second-order valence-electron chi connectivity index (χ2n) is 3.84. The zero-order valence-electron chi connectivity index (χ0n) is 6.60. The van der Waals surface area contributed by atoms with Gasteiger partial charge in [-0.2, -0.15) is 0 Å². The molecule has 1 N–H and O–H groups in total. The molecule has 0 bridgehead atoms. The molecule has 1 nitrogen and oxygen atoms in total. The molecule has 2 rings (SSSR count). The van der Waals surface area contributed by atoms with E-state index in [4.69, 9.17) is 0 Å². The third kappa shape index (κ3) is 1.72. The highest BCUT2D eigenvalue weighted by molar-refractivity contribution is 4.86. The zero-order chi connectivity index (χ0) is 6.81. The van der Waals surface area contributed by atoms with Crippen molar-refractivity contribution in [3.8, 4) is 0 Å². The number of nitrogens with one attached hydrogen (secondary N) is 1. The summed E-state index contributed by atoms with van der Waals surface area (Å²) in [4.78, 5) is 0. The summed E-state index contributed by atoms with van der Waals surface area (Å²) in [6.07, 6.45) is 8.99. The van der Waals surface area contributed by atoms with Crippen molar-refractivity contribution in [2.75, 3.05) is 6.54 Å². The van der Waals surface area contributed by atoms with Crippen LogP contribution in [0.15, 0.2) is 0 Å². The van der Waals surface area contributed by atoms with Gasteiger partial charge in [-0.15, -0.1) is 0 Å². The van der Waals surface area contributed by atoms with Gasteiger partial charge in [0, 0.05) is 12.6 Å². The minimum atomic E-state index is 0.920. The van der Waals surface area contributed by atoms with Gasteiger partial charge < -0.3 is 5.32 Å². The summed E-state index contributed by atoms with van der Waals surface area (Å²) in [7, 11) is 0. The van der Waals surface area contributed by atoms with E-state index in [9.17, 15) is 0 Å². The molecule has 0 aromatic heterocycles. The SMILES string of the molecule is C1CCC(CC2CN2)CC1. The van der Waals surface area contributed by atoms with E-state index in [2.05, 4.69) is 5.32 Å². The largest absolute Gasteiger partial charge is 0.311 e. The average Bonchev–Trinajstić information content (AvgIpc) is 2.74. The highest BCUT2D eigenvalue weighted by Crippen LogP contribution is 2.28. The summed E-state index contributed by atoms with van der Waals surface area (Å²) in [5.74, 6) is 1.08. The predicted molar refractivity (Wildman–Crippen MR) is 43.0 cm³/mol. The molecule has 1 atom stereocenters. The second-order valence-corrected chi connectivity index (χ2v) is 3.84. The highest BCUT2D eigenvalue weighted by Gasteiger charge is 2.25. The van der Waals surface area contributed by atoms with Gasteiger partial charge in [-0.05, 0) is 12.3 Å². The van der Waals surface area contributed by atoms with Crippen molar-refractivity contribution in [1.82, 2.24) is 5.32 Å². The van der Waals surface area contributed by atoms with Gasteiger partial charge in [-0.3, -0.25) is 0 Å². The van der Waals surface area contributed by atoms with E-state index >= 15 is 0 Å². The van der Waals surface area contributed by atoms with Crippen molar-refractivity contribution in [2.24, 2.45) is 5.92 Å². The minimum Gasteiger partial charge on any atom is -0.311 e. The van der Waals surface area contributed by atoms with Gasteiger partial charge >= 0.3 is 0 Å². The Morgan fingerprint density at radius 2 is 1.80 bits per heavy atom. The monoisotopic (exact) mass is 139 g/mol. The van der Waals surface area contributed by atoms with Crippen LogP contribution in [0.5, 0.6) is 0 Å². The minimum absolute atomic E-state index is 0.920. The van der Waals surface area contributed by atoms with Crippen LogP contribution < -0.4 is 5.32 Å². The number of hydrogen-bond acceptors (Lipinski definition) is 1. The first-order valence-corrected chi connectivity index (χ1v) is 4.68. The fourth-order valence-electron chi connectivity index (χ4n) is 2.08. The molecule has 0 aromatic rings. The molecule has 0 amide bonds. The van der Waals surface area contributed by atoms with Crippen LogP contribution >= 0.6 is 0 Å². The Bertz CT molecular complexity index is 101. The van der Waals surface area contributed by atoms with Gasteiger partial charge in [-0.25, -0.2) is 0 Å². The third-order valence-corrected chi connectivity index (χ3v) is 2.84. The van der Waals surface area contributed by atoms with E-state index in [-0.39, 0.29) is 0 Å². The van der Waals surface area contributed by atoms with Crippen molar-refractivity contribution in [3.63, 3.8) is 0 Å². The second kappa shape index (κ2) is 2.91. The molecule has 1 saturated heterocycles. The lowest BCUT2D eigenvalue weighted by atomic mass is 9.86. The predicted octanol–water partition coefficient (Wildman–Crippen LogP) is 1.93. The Morgan fingerprint density at radius 3 is 2.40 bits per heavy atom. The van der Waals surface area contributed by atoms with Crippen molar-refractivity contribution < 1.29 is 0 Å².